The number of benzene rings is 2. The predicted octanol–water partition coefficient (Wildman–Crippen LogP) is 2.70. The molecule has 0 heterocycles. The minimum Gasteiger partial charge on any atom is -0.507 e. The lowest BCUT2D eigenvalue weighted by Crippen LogP contribution is -2.29. The topological polar surface area (TPSA) is 71.0 Å². The molecule has 0 saturated heterocycles. The van der Waals surface area contributed by atoms with E-state index in [2.05, 4.69) is 41.5 Å². The van der Waals surface area contributed by atoms with Crippen LogP contribution in [0.2, 0.25) is 0 Å². The summed E-state index contributed by atoms with van der Waals surface area (Å²) in [5.41, 5.74) is 1.49. The number of hydrogen-bond donors (Lipinski definition) is 2. The fourth-order valence-electron chi connectivity index (χ4n) is 2.77. The second-order valence-electron chi connectivity index (χ2n) is 6.37. The Labute approximate surface area is 160 Å². The van der Waals surface area contributed by atoms with Crippen LogP contribution >= 0.6 is 0 Å². The van der Waals surface area contributed by atoms with Gasteiger partial charge in [-0.15, -0.1) is 0 Å². The minimum atomic E-state index is -0.333. The van der Waals surface area contributed by atoms with Crippen molar-refractivity contribution in [1.82, 2.24) is 10.2 Å². The standard InChI is InChI=1S/C21H28N2O4/c1-23(13-10-16-8-5-4-6-9-16)12-7-11-22-21(25)17-14-19(26-2)20(27-3)15-18(17)24/h4-6,8-9,14-15,24H,7,10-13H2,1-3H3,(H,22,25). The fourth-order valence-corrected chi connectivity index (χ4v) is 2.77. The molecule has 1 amide bonds. The summed E-state index contributed by atoms with van der Waals surface area (Å²) in [5.74, 6) is 0.318. The number of phenolic OH excluding ortho intramolecular Hbond substituents is 1. The first kappa shape index (κ1) is 20.6. The molecule has 27 heavy (non-hydrogen) atoms. The van der Waals surface area contributed by atoms with Crippen molar-refractivity contribution in [2.75, 3.05) is 40.9 Å². The SMILES string of the molecule is COc1cc(O)c(C(=O)NCCCN(C)CCc2ccccc2)cc1OC. The maximum atomic E-state index is 12.3. The Balaban J connectivity index is 1.76. The highest BCUT2D eigenvalue weighted by molar-refractivity contribution is 5.97. The van der Waals surface area contributed by atoms with Gasteiger partial charge in [-0.05, 0) is 32.0 Å². The zero-order valence-electron chi connectivity index (χ0n) is 16.2. The van der Waals surface area contributed by atoms with Crippen LogP contribution in [0, 0.1) is 0 Å². The molecule has 6 heteroatoms. The lowest BCUT2D eigenvalue weighted by Gasteiger charge is -2.17. The van der Waals surface area contributed by atoms with Crippen LogP contribution in [0.5, 0.6) is 17.2 Å². The first-order valence-corrected chi connectivity index (χ1v) is 9.00. The third kappa shape index (κ3) is 6.18. The smallest absolute Gasteiger partial charge is 0.255 e. The Bertz CT molecular complexity index is 734. The molecule has 2 aromatic carbocycles. The summed E-state index contributed by atoms with van der Waals surface area (Å²) in [6.07, 6.45) is 1.83. The summed E-state index contributed by atoms with van der Waals surface area (Å²) in [7, 11) is 5.04. The van der Waals surface area contributed by atoms with Crippen molar-refractivity contribution >= 4 is 5.91 Å². The number of nitrogens with zero attached hydrogens (tertiary/aromatic N) is 1. The molecule has 0 aliphatic carbocycles. The highest BCUT2D eigenvalue weighted by Crippen LogP contribution is 2.33. The summed E-state index contributed by atoms with van der Waals surface area (Å²) < 4.78 is 10.3. The van der Waals surface area contributed by atoms with E-state index in [9.17, 15) is 9.90 Å². The first-order valence-electron chi connectivity index (χ1n) is 9.00. The number of ether oxygens (including phenoxy) is 2. The number of phenols is 1. The highest BCUT2D eigenvalue weighted by atomic mass is 16.5. The summed E-state index contributed by atoms with van der Waals surface area (Å²) in [6, 6.07) is 13.2. The molecule has 0 radical (unpaired) electrons. The molecule has 146 valence electrons. The molecule has 6 nitrogen and oxygen atoms in total. The molecule has 0 aromatic heterocycles. The van der Waals surface area contributed by atoms with Gasteiger partial charge in [0.15, 0.2) is 11.5 Å². The first-order chi connectivity index (χ1) is 13.0. The van der Waals surface area contributed by atoms with E-state index in [-0.39, 0.29) is 17.2 Å². The zero-order valence-corrected chi connectivity index (χ0v) is 16.2. The summed E-state index contributed by atoms with van der Waals surface area (Å²) >= 11 is 0. The van der Waals surface area contributed by atoms with Gasteiger partial charge in [0.1, 0.15) is 5.75 Å². The van der Waals surface area contributed by atoms with Crippen molar-refractivity contribution in [2.24, 2.45) is 0 Å². The second-order valence-corrected chi connectivity index (χ2v) is 6.37. The summed E-state index contributed by atoms with van der Waals surface area (Å²) in [6.45, 7) is 2.38. The van der Waals surface area contributed by atoms with Crippen molar-refractivity contribution in [1.29, 1.82) is 0 Å². The van der Waals surface area contributed by atoms with Gasteiger partial charge in [-0.25, -0.2) is 0 Å². The fraction of sp³-hybridized carbons (Fsp3) is 0.381. The van der Waals surface area contributed by atoms with Crippen LogP contribution in [-0.4, -0.2) is 56.8 Å². The molecule has 0 aliphatic rings. The van der Waals surface area contributed by atoms with E-state index in [1.807, 2.05) is 6.07 Å². The van der Waals surface area contributed by atoms with Crippen molar-refractivity contribution in [2.45, 2.75) is 12.8 Å². The van der Waals surface area contributed by atoms with Crippen LogP contribution < -0.4 is 14.8 Å². The van der Waals surface area contributed by atoms with E-state index in [4.69, 9.17) is 9.47 Å². The van der Waals surface area contributed by atoms with E-state index < -0.39 is 0 Å². The normalized spacial score (nSPS) is 10.7. The zero-order chi connectivity index (χ0) is 19.6. The number of aromatic hydroxyl groups is 1. The number of rotatable bonds is 10. The van der Waals surface area contributed by atoms with Gasteiger partial charge < -0.3 is 24.8 Å². The molecule has 0 atom stereocenters. The molecule has 0 saturated carbocycles. The van der Waals surface area contributed by atoms with Crippen molar-refractivity contribution < 1.29 is 19.4 Å². The average Bonchev–Trinajstić information content (AvgIpc) is 2.69. The van der Waals surface area contributed by atoms with E-state index in [1.54, 1.807) is 0 Å². The van der Waals surface area contributed by atoms with Gasteiger partial charge in [0.05, 0.1) is 19.8 Å². The van der Waals surface area contributed by atoms with E-state index in [0.717, 1.165) is 25.9 Å². The number of carbonyl (C=O) groups excluding carboxylic acids is 1. The van der Waals surface area contributed by atoms with E-state index in [1.165, 1.54) is 31.9 Å². The average molecular weight is 372 g/mol. The number of nitrogens with one attached hydrogen (secondary N) is 1. The van der Waals surface area contributed by atoms with Gasteiger partial charge in [-0.1, -0.05) is 30.3 Å². The third-order valence-corrected chi connectivity index (χ3v) is 4.37. The number of carbonyl (C=O) groups is 1. The van der Waals surface area contributed by atoms with Crippen LogP contribution in [0.4, 0.5) is 0 Å². The monoisotopic (exact) mass is 372 g/mol. The van der Waals surface area contributed by atoms with Crippen LogP contribution in [0.1, 0.15) is 22.3 Å². The molecule has 0 fully saturated rings. The molecule has 0 unspecified atom stereocenters. The Morgan fingerprint density at radius 1 is 1.07 bits per heavy atom. The van der Waals surface area contributed by atoms with Crippen molar-refractivity contribution in [3.05, 3.63) is 53.6 Å². The second kappa shape index (κ2) is 10.4. The molecule has 0 bridgehead atoms. The van der Waals surface area contributed by atoms with Gasteiger partial charge in [-0.3, -0.25) is 4.79 Å². The third-order valence-electron chi connectivity index (χ3n) is 4.37. The van der Waals surface area contributed by atoms with Gasteiger partial charge in [0.25, 0.3) is 5.91 Å². The summed E-state index contributed by atoms with van der Waals surface area (Å²) in [5, 5.41) is 12.9. The molecule has 2 rings (SSSR count). The van der Waals surface area contributed by atoms with Crippen LogP contribution in [0.25, 0.3) is 0 Å². The van der Waals surface area contributed by atoms with Crippen molar-refractivity contribution in [3.8, 4) is 17.2 Å². The molecule has 2 aromatic rings. The van der Waals surface area contributed by atoms with Gasteiger partial charge in [-0.2, -0.15) is 0 Å². The molecule has 0 aliphatic heterocycles. The Hall–Kier alpha value is -2.73. The van der Waals surface area contributed by atoms with Crippen LogP contribution in [0.15, 0.2) is 42.5 Å². The quantitative estimate of drug-likeness (QED) is 0.628. The molecular formula is C21H28N2O4. The van der Waals surface area contributed by atoms with E-state index >= 15 is 0 Å². The van der Waals surface area contributed by atoms with Crippen LogP contribution in [0.3, 0.4) is 0 Å². The van der Waals surface area contributed by atoms with Gasteiger partial charge in [0.2, 0.25) is 0 Å². The van der Waals surface area contributed by atoms with Gasteiger partial charge in [0, 0.05) is 25.2 Å². The maximum Gasteiger partial charge on any atom is 0.255 e. The lowest BCUT2D eigenvalue weighted by molar-refractivity contribution is 0.0949. The Kier molecular flexibility index (Phi) is 7.95. The maximum absolute atomic E-state index is 12.3. The minimum absolute atomic E-state index is 0.134. The highest BCUT2D eigenvalue weighted by Gasteiger charge is 2.16. The summed E-state index contributed by atoms with van der Waals surface area (Å²) in [4.78, 5) is 14.6. The number of hydrogen-bond acceptors (Lipinski definition) is 5. The molecular weight excluding hydrogens is 344 g/mol. The predicted molar refractivity (Wildman–Crippen MR) is 106 cm³/mol. The Morgan fingerprint density at radius 2 is 1.74 bits per heavy atom. The number of methoxy groups -OCH3 is 2. The number of likely N-dealkylation sites (N-methyl/N-ethyl adjacent to an activating group) is 1. The van der Waals surface area contributed by atoms with Crippen molar-refractivity contribution in [3.63, 3.8) is 0 Å². The molecule has 2 N–H and O–H groups in total. The van der Waals surface area contributed by atoms with Crippen LogP contribution in [-0.2, 0) is 6.42 Å². The van der Waals surface area contributed by atoms with Gasteiger partial charge >= 0.3 is 0 Å². The molecule has 0 spiro atoms. The lowest BCUT2D eigenvalue weighted by atomic mass is 10.1. The largest absolute Gasteiger partial charge is 0.507 e. The Morgan fingerprint density at radius 3 is 2.41 bits per heavy atom. The van der Waals surface area contributed by atoms with E-state index in [0.29, 0.717) is 18.0 Å². The number of amides is 1.